The van der Waals surface area contributed by atoms with E-state index in [1.165, 1.54) is 10.6 Å². The maximum absolute atomic E-state index is 3.75. The van der Waals surface area contributed by atoms with Crippen LogP contribution in [0.3, 0.4) is 0 Å². The van der Waals surface area contributed by atoms with Crippen LogP contribution in [-0.2, 0) is 0 Å². The Kier molecular flexibility index (Phi) is 2.88. The highest BCUT2D eigenvalue weighted by molar-refractivity contribution is 9.12. The maximum atomic E-state index is 3.75. The molecule has 0 aliphatic carbocycles. The zero-order chi connectivity index (χ0) is 10.3. The number of hydrogen-bond donors (Lipinski definition) is 0. The summed E-state index contributed by atoms with van der Waals surface area (Å²) in [6, 6.07) is 6.44. The summed E-state index contributed by atoms with van der Waals surface area (Å²) in [5.74, 6) is 0. The van der Waals surface area contributed by atoms with E-state index in [2.05, 4.69) is 68.8 Å². The van der Waals surface area contributed by atoms with Gasteiger partial charge in [-0.25, -0.2) is 0 Å². The fourth-order valence-corrected chi connectivity index (χ4v) is 4.17. The molecule has 1 aromatic carbocycles. The van der Waals surface area contributed by atoms with Gasteiger partial charge >= 0.3 is 0 Å². The van der Waals surface area contributed by atoms with E-state index >= 15 is 0 Å². The number of thioether (sulfide) groups is 1. The lowest BCUT2D eigenvalue weighted by Gasteiger charge is -2.29. The Bertz CT molecular complexity index is 365. The summed E-state index contributed by atoms with van der Waals surface area (Å²) >= 11 is 9.11. The van der Waals surface area contributed by atoms with Gasteiger partial charge in [0, 0.05) is 15.9 Å². The van der Waals surface area contributed by atoms with Gasteiger partial charge in [-0.3, -0.25) is 0 Å². The molecule has 0 amide bonds. The number of hydrogen-bond acceptors (Lipinski definition) is 2. The second-order valence-corrected chi connectivity index (χ2v) is 7.75. The molecule has 1 aromatic rings. The number of nitrogens with zero attached hydrogens (tertiary/aromatic N) is 1. The van der Waals surface area contributed by atoms with Crippen LogP contribution in [0, 0.1) is 0 Å². The third-order valence-corrected chi connectivity index (χ3v) is 4.87. The fourth-order valence-electron chi connectivity index (χ4n) is 1.71. The Morgan fingerprint density at radius 2 is 2.21 bits per heavy atom. The summed E-state index contributed by atoms with van der Waals surface area (Å²) in [7, 11) is 0. The molecule has 1 aliphatic heterocycles. The first kappa shape index (κ1) is 10.8. The normalized spacial score (nSPS) is 25.3. The van der Waals surface area contributed by atoms with Crippen LogP contribution in [0.5, 0.6) is 0 Å². The van der Waals surface area contributed by atoms with Crippen LogP contribution in [0.2, 0.25) is 0 Å². The zero-order valence-corrected chi connectivity index (χ0v) is 12.0. The summed E-state index contributed by atoms with van der Waals surface area (Å²) < 4.78 is 1.14. The predicted octanol–water partition coefficient (Wildman–Crippen LogP) is 4.45. The summed E-state index contributed by atoms with van der Waals surface area (Å²) in [5.41, 5.74) is 1.31. The van der Waals surface area contributed by atoms with Crippen molar-refractivity contribution in [3.05, 3.63) is 22.7 Å². The van der Waals surface area contributed by atoms with E-state index in [0.717, 1.165) is 11.0 Å². The lowest BCUT2D eigenvalue weighted by atomic mass is 10.3. The minimum absolute atomic E-state index is 0.00484. The largest absolute Gasteiger partial charge is 0.347 e. The smallest absolute Gasteiger partial charge is 0.144 e. The second-order valence-electron chi connectivity index (χ2n) is 3.33. The van der Waals surface area contributed by atoms with E-state index in [9.17, 15) is 0 Å². The Morgan fingerprint density at radius 1 is 1.50 bits per heavy atom. The SMILES string of the molecule is CCN1c2cc(Br)ccc2SC1(C)Br. The average Bonchev–Trinajstić information content (AvgIpc) is 2.34. The Morgan fingerprint density at radius 3 is 2.86 bits per heavy atom. The Hall–Kier alpha value is 0.330. The van der Waals surface area contributed by atoms with Crippen LogP contribution < -0.4 is 4.90 Å². The van der Waals surface area contributed by atoms with Crippen LogP contribution in [0.25, 0.3) is 0 Å². The van der Waals surface area contributed by atoms with Crippen LogP contribution in [0.15, 0.2) is 27.6 Å². The molecule has 1 atom stereocenters. The highest BCUT2D eigenvalue weighted by Crippen LogP contribution is 2.53. The number of benzene rings is 1. The molecule has 0 saturated heterocycles. The Balaban J connectivity index is 2.49. The number of alkyl halides is 1. The van der Waals surface area contributed by atoms with Crippen molar-refractivity contribution >= 4 is 49.3 Å². The quantitative estimate of drug-likeness (QED) is 0.550. The van der Waals surface area contributed by atoms with Crippen molar-refractivity contribution in [3.63, 3.8) is 0 Å². The number of fused-ring (bicyclic) bond motifs is 1. The highest BCUT2D eigenvalue weighted by atomic mass is 79.9. The first-order chi connectivity index (χ1) is 6.54. The number of anilines is 1. The van der Waals surface area contributed by atoms with Gasteiger partial charge in [0.05, 0.1) is 5.69 Å². The third-order valence-electron chi connectivity index (χ3n) is 2.31. The molecule has 1 aliphatic rings. The standard InChI is InChI=1S/C10H11Br2NS/c1-3-13-8-6-7(11)4-5-9(8)14-10(13,2)12/h4-6H,3H2,1-2H3. The van der Waals surface area contributed by atoms with Gasteiger partial charge in [-0.1, -0.05) is 27.7 Å². The molecular formula is C10H11Br2NS. The molecule has 0 N–H and O–H groups in total. The molecule has 0 spiro atoms. The summed E-state index contributed by atoms with van der Waals surface area (Å²) in [4.78, 5) is 3.70. The first-order valence-electron chi connectivity index (χ1n) is 4.49. The van der Waals surface area contributed by atoms with Gasteiger partial charge in [-0.05, 0) is 48.0 Å². The molecule has 1 nitrogen and oxygen atoms in total. The minimum Gasteiger partial charge on any atom is -0.347 e. The van der Waals surface area contributed by atoms with Gasteiger partial charge < -0.3 is 4.90 Å². The van der Waals surface area contributed by atoms with Crippen LogP contribution in [0.1, 0.15) is 13.8 Å². The summed E-state index contributed by atoms with van der Waals surface area (Å²) in [6.07, 6.45) is 0. The molecule has 0 saturated carbocycles. The van der Waals surface area contributed by atoms with Crippen LogP contribution in [-0.4, -0.2) is 10.3 Å². The van der Waals surface area contributed by atoms with E-state index in [1.807, 2.05) is 11.8 Å². The van der Waals surface area contributed by atoms with Crippen molar-refractivity contribution in [1.29, 1.82) is 0 Å². The predicted molar refractivity (Wildman–Crippen MR) is 70.4 cm³/mol. The third kappa shape index (κ3) is 1.72. The average molecular weight is 337 g/mol. The van der Waals surface area contributed by atoms with Gasteiger partial charge in [-0.2, -0.15) is 0 Å². The van der Waals surface area contributed by atoms with E-state index in [-0.39, 0.29) is 3.78 Å². The van der Waals surface area contributed by atoms with E-state index in [0.29, 0.717) is 0 Å². The van der Waals surface area contributed by atoms with Gasteiger partial charge in [-0.15, -0.1) is 0 Å². The molecule has 0 aromatic heterocycles. The number of halogens is 2. The lowest BCUT2D eigenvalue weighted by Crippen LogP contribution is -2.34. The lowest BCUT2D eigenvalue weighted by molar-refractivity contribution is 0.801. The van der Waals surface area contributed by atoms with Crippen molar-refractivity contribution in [2.24, 2.45) is 0 Å². The molecule has 76 valence electrons. The zero-order valence-electron chi connectivity index (χ0n) is 8.05. The molecule has 14 heavy (non-hydrogen) atoms. The molecule has 1 heterocycles. The van der Waals surface area contributed by atoms with E-state index in [1.54, 1.807) is 0 Å². The highest BCUT2D eigenvalue weighted by Gasteiger charge is 2.37. The van der Waals surface area contributed by atoms with Gasteiger partial charge in [0.2, 0.25) is 0 Å². The van der Waals surface area contributed by atoms with Crippen molar-refractivity contribution in [2.45, 2.75) is 22.5 Å². The fraction of sp³-hybridized carbons (Fsp3) is 0.400. The molecule has 2 rings (SSSR count). The summed E-state index contributed by atoms with van der Waals surface area (Å²) in [6.45, 7) is 5.38. The Labute approximate surface area is 106 Å². The maximum Gasteiger partial charge on any atom is 0.144 e. The summed E-state index contributed by atoms with van der Waals surface area (Å²) in [5, 5.41) is 0. The molecule has 0 radical (unpaired) electrons. The monoisotopic (exact) mass is 335 g/mol. The molecule has 4 heteroatoms. The molecule has 1 unspecified atom stereocenters. The van der Waals surface area contributed by atoms with Crippen molar-refractivity contribution < 1.29 is 0 Å². The topological polar surface area (TPSA) is 3.24 Å². The minimum atomic E-state index is 0.00484. The van der Waals surface area contributed by atoms with Crippen LogP contribution in [0.4, 0.5) is 5.69 Å². The van der Waals surface area contributed by atoms with Gasteiger partial charge in [0.1, 0.15) is 3.78 Å². The first-order valence-corrected chi connectivity index (χ1v) is 6.90. The molecule has 0 fully saturated rings. The molecular weight excluding hydrogens is 326 g/mol. The van der Waals surface area contributed by atoms with Crippen molar-refractivity contribution in [3.8, 4) is 0 Å². The second kappa shape index (κ2) is 3.72. The van der Waals surface area contributed by atoms with Crippen LogP contribution >= 0.6 is 43.6 Å². The van der Waals surface area contributed by atoms with E-state index in [4.69, 9.17) is 0 Å². The van der Waals surface area contributed by atoms with Crippen molar-refractivity contribution in [1.82, 2.24) is 0 Å². The number of rotatable bonds is 1. The van der Waals surface area contributed by atoms with Gasteiger partial charge in [0.15, 0.2) is 0 Å². The van der Waals surface area contributed by atoms with Crippen molar-refractivity contribution in [2.75, 3.05) is 11.4 Å². The van der Waals surface area contributed by atoms with Gasteiger partial charge in [0.25, 0.3) is 0 Å². The molecule has 0 bridgehead atoms. The van der Waals surface area contributed by atoms with E-state index < -0.39 is 0 Å².